The average molecular weight is 333 g/mol. The van der Waals surface area contributed by atoms with Gasteiger partial charge in [0.2, 0.25) is 11.8 Å². The van der Waals surface area contributed by atoms with Crippen molar-refractivity contribution in [3.8, 4) is 0 Å². The maximum Gasteiger partial charge on any atom is 0.238 e. The van der Waals surface area contributed by atoms with Gasteiger partial charge in [-0.25, -0.2) is 4.90 Å². The van der Waals surface area contributed by atoms with Gasteiger partial charge in [-0.3, -0.25) is 9.59 Å². The van der Waals surface area contributed by atoms with Gasteiger partial charge in [-0.1, -0.05) is 47.9 Å². The molecule has 2 saturated carbocycles. The lowest BCUT2D eigenvalue weighted by molar-refractivity contribution is -0.122. The Morgan fingerprint density at radius 2 is 1.48 bits per heavy atom. The maximum absolute atomic E-state index is 13.2. The Bertz CT molecular complexity index is 792. The van der Waals surface area contributed by atoms with E-state index in [0.717, 1.165) is 24.1 Å². The van der Waals surface area contributed by atoms with Crippen molar-refractivity contribution in [3.05, 3.63) is 53.1 Å². The molecule has 0 unspecified atom stereocenters. The first-order valence-electron chi connectivity index (χ1n) is 9.52. The van der Waals surface area contributed by atoms with Crippen LogP contribution in [0.15, 0.2) is 47.6 Å². The van der Waals surface area contributed by atoms with Crippen LogP contribution >= 0.6 is 0 Å². The van der Waals surface area contributed by atoms with Crippen LogP contribution in [0.2, 0.25) is 0 Å². The fourth-order valence-electron chi connectivity index (χ4n) is 5.55. The predicted molar refractivity (Wildman–Crippen MR) is 96.9 cm³/mol. The summed E-state index contributed by atoms with van der Waals surface area (Å²) >= 11 is 0. The SMILES string of the molecule is Cc1ccccc1N1C(=O)[C@@H]2[C@@H](C1=O)[C@H]1C=C[C@@H]2C1=C1CCCCC1. The van der Waals surface area contributed by atoms with Crippen LogP contribution in [0.4, 0.5) is 5.69 Å². The van der Waals surface area contributed by atoms with E-state index in [1.165, 1.54) is 29.7 Å². The number of hydrogen-bond donors (Lipinski definition) is 0. The summed E-state index contributed by atoms with van der Waals surface area (Å²) in [5.41, 5.74) is 4.72. The van der Waals surface area contributed by atoms with Gasteiger partial charge >= 0.3 is 0 Å². The lowest BCUT2D eigenvalue weighted by atomic mass is 9.85. The first kappa shape index (κ1) is 15.1. The highest BCUT2D eigenvalue weighted by Crippen LogP contribution is 2.58. The van der Waals surface area contributed by atoms with Crippen LogP contribution in [0.5, 0.6) is 0 Å². The van der Waals surface area contributed by atoms with E-state index in [1.54, 1.807) is 5.57 Å². The van der Waals surface area contributed by atoms with Gasteiger partial charge in [-0.2, -0.15) is 0 Å². The van der Waals surface area contributed by atoms with Crippen molar-refractivity contribution in [2.75, 3.05) is 4.90 Å². The first-order valence-corrected chi connectivity index (χ1v) is 9.52. The molecule has 1 heterocycles. The normalized spacial score (nSPS) is 33.6. The number of carbonyl (C=O) groups excluding carboxylic acids is 2. The van der Waals surface area contributed by atoms with Crippen molar-refractivity contribution in [3.63, 3.8) is 0 Å². The quantitative estimate of drug-likeness (QED) is 0.571. The Labute approximate surface area is 148 Å². The van der Waals surface area contributed by atoms with Crippen molar-refractivity contribution in [2.24, 2.45) is 23.7 Å². The van der Waals surface area contributed by atoms with Crippen molar-refractivity contribution in [2.45, 2.75) is 39.0 Å². The van der Waals surface area contributed by atoms with Crippen LogP contribution in [0.25, 0.3) is 0 Å². The number of amides is 2. The number of benzene rings is 1. The molecule has 2 amide bonds. The summed E-state index contributed by atoms with van der Waals surface area (Å²) in [5, 5.41) is 0. The first-order chi connectivity index (χ1) is 12.2. The number of anilines is 1. The molecule has 0 spiro atoms. The van der Waals surface area contributed by atoms with Crippen molar-refractivity contribution in [1.82, 2.24) is 0 Å². The van der Waals surface area contributed by atoms with E-state index >= 15 is 0 Å². The molecule has 128 valence electrons. The Balaban J connectivity index is 1.55. The number of aryl methyl sites for hydroxylation is 1. The minimum absolute atomic E-state index is 0.00931. The van der Waals surface area contributed by atoms with Gasteiger partial charge < -0.3 is 0 Å². The van der Waals surface area contributed by atoms with Crippen LogP contribution in [0.1, 0.15) is 37.7 Å². The number of imide groups is 1. The molecule has 2 bridgehead atoms. The molecular weight excluding hydrogens is 310 g/mol. The van der Waals surface area contributed by atoms with Gasteiger partial charge in [0.25, 0.3) is 0 Å². The Kier molecular flexibility index (Phi) is 3.28. The van der Waals surface area contributed by atoms with Crippen LogP contribution in [0, 0.1) is 30.6 Å². The highest BCUT2D eigenvalue weighted by Gasteiger charge is 2.62. The Morgan fingerprint density at radius 1 is 0.880 bits per heavy atom. The molecule has 5 rings (SSSR count). The third kappa shape index (κ3) is 1.98. The third-order valence-electron chi connectivity index (χ3n) is 6.64. The van der Waals surface area contributed by atoms with Gasteiger partial charge in [0.05, 0.1) is 17.5 Å². The lowest BCUT2D eigenvalue weighted by Crippen LogP contribution is -2.33. The molecule has 0 aromatic heterocycles. The highest BCUT2D eigenvalue weighted by molar-refractivity contribution is 6.23. The van der Waals surface area contributed by atoms with E-state index in [2.05, 4.69) is 12.2 Å². The van der Waals surface area contributed by atoms with E-state index in [0.29, 0.717) is 0 Å². The molecule has 1 aromatic carbocycles. The number of rotatable bonds is 1. The smallest absolute Gasteiger partial charge is 0.238 e. The number of allylic oxidation sites excluding steroid dienone is 4. The average Bonchev–Trinajstić information content (AvgIpc) is 3.27. The molecule has 1 saturated heterocycles. The van der Waals surface area contributed by atoms with E-state index in [9.17, 15) is 9.59 Å². The molecule has 4 atom stereocenters. The molecular formula is C22H23NO2. The van der Waals surface area contributed by atoms with E-state index in [-0.39, 0.29) is 35.5 Å². The molecule has 3 nitrogen and oxygen atoms in total. The number of carbonyl (C=O) groups is 2. The van der Waals surface area contributed by atoms with Crippen molar-refractivity contribution < 1.29 is 9.59 Å². The molecule has 1 aromatic rings. The van der Waals surface area contributed by atoms with Crippen LogP contribution in [-0.2, 0) is 9.59 Å². The van der Waals surface area contributed by atoms with Crippen LogP contribution in [0.3, 0.4) is 0 Å². The molecule has 4 aliphatic rings. The topological polar surface area (TPSA) is 37.4 Å². The minimum atomic E-state index is -0.175. The van der Waals surface area contributed by atoms with Gasteiger partial charge in [0.15, 0.2) is 0 Å². The van der Waals surface area contributed by atoms with Gasteiger partial charge in [-0.05, 0) is 44.2 Å². The summed E-state index contributed by atoms with van der Waals surface area (Å²) in [7, 11) is 0. The largest absolute Gasteiger partial charge is 0.274 e. The summed E-state index contributed by atoms with van der Waals surface area (Å²) < 4.78 is 0. The summed E-state index contributed by atoms with van der Waals surface area (Å²) in [5.74, 6) is -0.00896. The summed E-state index contributed by atoms with van der Waals surface area (Å²) in [4.78, 5) is 27.9. The zero-order valence-corrected chi connectivity index (χ0v) is 14.6. The molecule has 3 aliphatic carbocycles. The summed E-state index contributed by atoms with van der Waals surface area (Å²) in [6.07, 6.45) is 10.5. The monoisotopic (exact) mass is 333 g/mol. The lowest BCUT2D eigenvalue weighted by Gasteiger charge is -2.23. The van der Waals surface area contributed by atoms with Crippen LogP contribution in [-0.4, -0.2) is 11.8 Å². The fourth-order valence-corrected chi connectivity index (χ4v) is 5.55. The standard InChI is InChI=1S/C22H23NO2/c1-13-7-5-6-10-17(13)23-21(24)19-15-11-12-16(20(19)22(23)25)18(15)14-8-3-2-4-9-14/h5-7,10-12,15-16,19-20H,2-4,8-9H2,1H3/t15-,16+,19-,20-/m0/s1. The third-order valence-corrected chi connectivity index (χ3v) is 6.64. The van der Waals surface area contributed by atoms with Crippen molar-refractivity contribution in [1.29, 1.82) is 0 Å². The molecule has 25 heavy (non-hydrogen) atoms. The number of para-hydroxylation sites is 1. The highest BCUT2D eigenvalue weighted by atomic mass is 16.2. The maximum atomic E-state index is 13.2. The van der Waals surface area contributed by atoms with E-state index in [1.807, 2.05) is 31.2 Å². The second kappa shape index (κ2) is 5.42. The summed E-state index contributed by atoms with van der Waals surface area (Å²) in [6.45, 7) is 1.96. The number of nitrogens with zero attached hydrogens (tertiary/aromatic N) is 1. The number of fused-ring (bicyclic) bond motifs is 5. The van der Waals surface area contributed by atoms with Gasteiger partial charge in [0, 0.05) is 11.8 Å². The molecule has 3 heteroatoms. The van der Waals surface area contributed by atoms with Crippen LogP contribution < -0.4 is 4.90 Å². The molecule has 0 radical (unpaired) electrons. The number of hydrogen-bond acceptors (Lipinski definition) is 2. The zero-order chi connectivity index (χ0) is 17.1. The van der Waals surface area contributed by atoms with E-state index in [4.69, 9.17) is 0 Å². The second-order valence-corrected chi connectivity index (χ2v) is 7.91. The van der Waals surface area contributed by atoms with Gasteiger partial charge in [-0.15, -0.1) is 0 Å². The second-order valence-electron chi connectivity index (χ2n) is 7.91. The molecule has 0 N–H and O–H groups in total. The van der Waals surface area contributed by atoms with Gasteiger partial charge in [0.1, 0.15) is 0 Å². The summed E-state index contributed by atoms with van der Waals surface area (Å²) in [6, 6.07) is 7.70. The zero-order valence-electron chi connectivity index (χ0n) is 14.6. The van der Waals surface area contributed by atoms with Crippen molar-refractivity contribution >= 4 is 17.5 Å². The minimum Gasteiger partial charge on any atom is -0.274 e. The van der Waals surface area contributed by atoms with E-state index < -0.39 is 0 Å². The predicted octanol–water partition coefficient (Wildman–Crippen LogP) is 4.18. The fraction of sp³-hybridized carbons (Fsp3) is 0.455. The Morgan fingerprint density at radius 3 is 2.08 bits per heavy atom. The molecule has 3 fully saturated rings. The molecule has 1 aliphatic heterocycles. The Hall–Kier alpha value is -2.16.